The number of alkyl carbamates (subject to hydrolysis) is 1. The van der Waals surface area contributed by atoms with Crippen molar-refractivity contribution in [1.29, 1.82) is 0 Å². The molecule has 0 saturated heterocycles. The number of aromatic amines is 2. The van der Waals surface area contributed by atoms with Crippen LogP contribution in [-0.2, 0) is 33.6 Å². The Morgan fingerprint density at radius 1 is 0.643 bits per heavy atom. The van der Waals surface area contributed by atoms with E-state index in [-0.39, 0.29) is 17.7 Å². The van der Waals surface area contributed by atoms with Crippen molar-refractivity contribution < 1.29 is 38.4 Å². The maximum Gasteiger partial charge on any atom is 0.407 e. The second kappa shape index (κ2) is 20.4. The number of amides is 3. The molecule has 4 rings (SSSR count). The van der Waals surface area contributed by atoms with Crippen LogP contribution in [0.1, 0.15) is 65.3 Å². The molecular weight excluding hydrogens is 720 g/mol. The lowest BCUT2D eigenvalue weighted by molar-refractivity contribution is -0.188. The van der Waals surface area contributed by atoms with Crippen LogP contribution in [0, 0.1) is 11.8 Å². The topological polar surface area (TPSA) is 203 Å². The van der Waals surface area contributed by atoms with Gasteiger partial charge in [-0.1, -0.05) is 76.2 Å². The van der Waals surface area contributed by atoms with Crippen LogP contribution in [0.5, 0.6) is 0 Å². The molecule has 2 heterocycles. The van der Waals surface area contributed by atoms with Crippen molar-refractivity contribution in [2.75, 3.05) is 28.4 Å². The maximum atomic E-state index is 13.3. The Morgan fingerprint density at radius 2 is 1.09 bits per heavy atom. The van der Waals surface area contributed by atoms with Crippen LogP contribution < -0.4 is 16.0 Å². The Morgan fingerprint density at radius 3 is 1.50 bits per heavy atom. The van der Waals surface area contributed by atoms with Gasteiger partial charge < -0.3 is 45.0 Å². The number of methoxy groups -OCH3 is 3. The summed E-state index contributed by atoms with van der Waals surface area (Å²) in [5.74, 6) is 0.449. The van der Waals surface area contributed by atoms with Gasteiger partial charge in [-0.3, -0.25) is 9.59 Å². The van der Waals surface area contributed by atoms with Gasteiger partial charge in [-0.25, -0.2) is 19.8 Å². The summed E-state index contributed by atoms with van der Waals surface area (Å²) in [6, 6.07) is 13.5. The second-order valence-electron chi connectivity index (χ2n) is 13.9. The van der Waals surface area contributed by atoms with E-state index < -0.39 is 48.4 Å². The van der Waals surface area contributed by atoms with Crippen LogP contribution in [0.15, 0.2) is 65.9 Å². The molecule has 0 radical (unpaired) electrons. The molecule has 0 bridgehead atoms. The summed E-state index contributed by atoms with van der Waals surface area (Å²) in [7, 11) is 5.56. The lowest BCUT2D eigenvalue weighted by Crippen LogP contribution is -2.54. The van der Waals surface area contributed by atoms with Gasteiger partial charge in [0, 0.05) is 14.2 Å². The molecule has 6 atom stereocenters. The van der Waals surface area contributed by atoms with Crippen LogP contribution in [0.2, 0.25) is 0 Å². The zero-order valence-corrected chi connectivity index (χ0v) is 33.6. The number of nitrogens with one attached hydrogen (secondary N) is 5. The van der Waals surface area contributed by atoms with Gasteiger partial charge in [0.1, 0.15) is 17.7 Å². The third-order valence-corrected chi connectivity index (χ3v) is 9.46. The Labute approximate surface area is 327 Å². The molecule has 0 aliphatic rings. The van der Waals surface area contributed by atoms with E-state index in [1.165, 1.54) is 28.4 Å². The third kappa shape index (κ3) is 11.0. The molecule has 0 saturated carbocycles. The molecule has 16 heteroatoms. The van der Waals surface area contributed by atoms with E-state index in [9.17, 15) is 14.4 Å². The number of aromatic nitrogens is 4. The van der Waals surface area contributed by atoms with Crippen molar-refractivity contribution in [3.8, 4) is 33.6 Å². The Hall–Kier alpha value is -5.58. The number of hydrogen-bond donors (Lipinski definition) is 5. The number of carbonyl (C=O) groups excluding carboxylic acids is 3. The minimum Gasteiger partial charge on any atom is -0.453 e. The van der Waals surface area contributed by atoms with E-state index in [4.69, 9.17) is 19.1 Å². The Kier molecular flexibility index (Phi) is 15.7. The van der Waals surface area contributed by atoms with Crippen molar-refractivity contribution in [2.24, 2.45) is 16.8 Å². The van der Waals surface area contributed by atoms with Crippen LogP contribution in [0.25, 0.3) is 33.6 Å². The van der Waals surface area contributed by atoms with Gasteiger partial charge in [0.25, 0.3) is 0 Å². The third-order valence-electron chi connectivity index (χ3n) is 9.46. The average Bonchev–Trinajstić information content (AvgIpc) is 3.90. The largest absolute Gasteiger partial charge is 0.453 e. The molecule has 5 N–H and O–H groups in total. The van der Waals surface area contributed by atoms with Crippen molar-refractivity contribution in [3.63, 3.8) is 0 Å². The smallest absolute Gasteiger partial charge is 0.407 e. The monoisotopic (exact) mass is 774 g/mol. The predicted octanol–water partition coefficient (Wildman–Crippen LogP) is 5.53. The number of nitrogens with zero attached hydrogens (tertiary/aromatic N) is 3. The fourth-order valence-electron chi connectivity index (χ4n) is 5.93. The van der Waals surface area contributed by atoms with E-state index in [2.05, 4.69) is 45.8 Å². The number of imidazole rings is 2. The van der Waals surface area contributed by atoms with Crippen LogP contribution in [-0.4, -0.2) is 97.0 Å². The number of carbonyl (C=O) groups is 3. The van der Waals surface area contributed by atoms with Crippen molar-refractivity contribution in [3.05, 3.63) is 72.6 Å². The first-order valence-electron chi connectivity index (χ1n) is 18.3. The lowest BCUT2D eigenvalue weighted by Gasteiger charge is -2.27. The Balaban J connectivity index is 1.45. The lowest BCUT2D eigenvalue weighted by atomic mass is 10.0. The molecule has 2 aromatic carbocycles. The number of ether oxygens (including phenoxy) is 3. The summed E-state index contributed by atoms with van der Waals surface area (Å²) in [5, 5.41) is 8.60. The van der Waals surface area contributed by atoms with Crippen LogP contribution >= 0.6 is 0 Å². The number of aliphatic imine (C=N–C) groups is 1. The molecule has 3 amide bonds. The van der Waals surface area contributed by atoms with Gasteiger partial charge in [-0.05, 0) is 47.9 Å². The molecule has 0 aliphatic heterocycles. The fraction of sp³-hybridized carbons (Fsp3) is 0.450. The van der Waals surface area contributed by atoms with E-state index in [1.54, 1.807) is 26.2 Å². The highest BCUT2D eigenvalue weighted by Gasteiger charge is 2.32. The molecule has 56 heavy (non-hydrogen) atoms. The van der Waals surface area contributed by atoms with E-state index >= 15 is 0 Å². The normalized spacial score (nSPS) is 14.9. The molecule has 0 spiro atoms. The minimum atomic E-state index is -0.967. The number of hydrogen-bond acceptors (Lipinski definition) is 11. The van der Waals surface area contributed by atoms with Crippen molar-refractivity contribution in [2.45, 2.75) is 77.9 Å². The summed E-state index contributed by atoms with van der Waals surface area (Å²) in [5.41, 5.74) is 5.51. The van der Waals surface area contributed by atoms with Crippen molar-refractivity contribution >= 4 is 24.3 Å². The first-order valence-corrected chi connectivity index (χ1v) is 18.3. The molecule has 0 fully saturated rings. The number of rotatable bonds is 19. The maximum absolute atomic E-state index is 13.3. The highest BCUT2D eigenvalue weighted by atomic mass is 17.2. The van der Waals surface area contributed by atoms with Gasteiger partial charge >= 0.3 is 6.09 Å². The van der Waals surface area contributed by atoms with E-state index in [0.29, 0.717) is 11.6 Å². The molecule has 1 unspecified atom stereocenters. The summed E-state index contributed by atoms with van der Waals surface area (Å²) >= 11 is 0. The second-order valence-corrected chi connectivity index (χ2v) is 13.9. The molecular formula is C40H54N8O8. The van der Waals surface area contributed by atoms with Gasteiger partial charge in [0.15, 0.2) is 6.04 Å². The van der Waals surface area contributed by atoms with Gasteiger partial charge in [0.2, 0.25) is 18.2 Å². The number of H-pyrrole nitrogens is 2. The quantitative estimate of drug-likeness (QED) is 0.0349. The molecule has 4 aromatic rings. The highest BCUT2D eigenvalue weighted by molar-refractivity contribution is 5.86. The molecule has 0 aliphatic carbocycles. The zero-order chi connectivity index (χ0) is 40.9. The number of benzene rings is 2. The molecule has 302 valence electrons. The SMILES string of the molecule is COO/C=N\[C@H](C(=O)N[C@H](c1ncc(-c2ccc(-c3ccc(-c4cnc([C@@H](NC(=O)[C@@H](NC(=O)OC)C(C)OC)C(C)C)[nH]4)cc3)cc2)[nH]1)C(C)C)[C@@H](C)OC. The van der Waals surface area contributed by atoms with E-state index in [0.717, 1.165) is 40.0 Å². The van der Waals surface area contributed by atoms with Crippen LogP contribution in [0.3, 0.4) is 0 Å². The highest BCUT2D eigenvalue weighted by Crippen LogP contribution is 2.29. The Bertz CT molecular complexity index is 1890. The summed E-state index contributed by atoms with van der Waals surface area (Å²) in [6.45, 7) is 11.4. The first-order chi connectivity index (χ1) is 26.8. The molecule has 16 nitrogen and oxygen atoms in total. The predicted molar refractivity (Wildman–Crippen MR) is 211 cm³/mol. The van der Waals surface area contributed by atoms with Crippen molar-refractivity contribution in [1.82, 2.24) is 35.9 Å². The summed E-state index contributed by atoms with van der Waals surface area (Å²) in [4.78, 5) is 67.8. The standard InChI is InChI=1S/C40H54N8O8/c1-22(2)32(46-38(49)34(24(5)52-7)43-21-56-55-10)36-41-19-30(44-36)28-15-11-26(12-16-28)27-13-17-29(18-14-27)31-20-42-37(45-31)33(23(3)4)47-39(50)35(25(6)53-8)48-40(51)54-9/h11-25,32-35H,1-10H3,(H,41,44)(H,42,45)(H,46,49)(H,47,50)(H,48,51)/b43-21-/t24-,25?,32+,33+,34+,35+/m1/s1. The zero-order valence-electron chi connectivity index (χ0n) is 33.6. The van der Waals surface area contributed by atoms with Crippen LogP contribution in [0.4, 0.5) is 4.79 Å². The average molecular weight is 775 g/mol. The molecule has 2 aromatic heterocycles. The minimum absolute atomic E-state index is 0.0176. The summed E-state index contributed by atoms with van der Waals surface area (Å²) < 4.78 is 15.4. The van der Waals surface area contributed by atoms with E-state index in [1.807, 2.05) is 76.2 Å². The van der Waals surface area contributed by atoms with Gasteiger partial charge in [-0.2, -0.15) is 4.89 Å². The van der Waals surface area contributed by atoms with Gasteiger partial charge in [-0.15, -0.1) is 0 Å². The summed E-state index contributed by atoms with van der Waals surface area (Å²) in [6.07, 6.45) is 2.73. The fourth-order valence-corrected chi connectivity index (χ4v) is 5.93. The van der Waals surface area contributed by atoms with Gasteiger partial charge in [0.05, 0.1) is 62.3 Å². The first kappa shape index (κ1) is 43.2.